The van der Waals surface area contributed by atoms with Gasteiger partial charge >= 0.3 is 0 Å². The van der Waals surface area contributed by atoms with E-state index in [4.69, 9.17) is 5.11 Å². The van der Waals surface area contributed by atoms with Gasteiger partial charge in [0, 0.05) is 6.61 Å². The van der Waals surface area contributed by atoms with Gasteiger partial charge in [-0.1, -0.05) is 25.0 Å². The first-order chi connectivity index (χ1) is 6.11. The van der Waals surface area contributed by atoms with Crippen molar-refractivity contribution in [1.29, 1.82) is 0 Å². The van der Waals surface area contributed by atoms with Gasteiger partial charge in [0.05, 0.1) is 0 Å². The Kier molecular flexibility index (Phi) is 6.97. The van der Waals surface area contributed by atoms with Crippen LogP contribution in [0.5, 0.6) is 0 Å². The van der Waals surface area contributed by atoms with Gasteiger partial charge in [-0.2, -0.15) is 0 Å². The minimum absolute atomic E-state index is 0.331. The molecule has 1 nitrogen and oxygen atoms in total. The molecular weight excluding hydrogens is 160 g/mol. The van der Waals surface area contributed by atoms with E-state index in [0.717, 1.165) is 6.42 Å². The number of rotatable bonds is 6. The van der Waals surface area contributed by atoms with Crippen LogP contribution in [0.4, 0.5) is 0 Å². The molecule has 13 heavy (non-hydrogen) atoms. The minimum atomic E-state index is 0.331. The first kappa shape index (κ1) is 12.7. The molecule has 0 aromatic carbocycles. The highest BCUT2D eigenvalue weighted by Gasteiger charge is 2.03. The second-order valence-corrected chi connectivity index (χ2v) is 4.11. The molecule has 0 aromatic rings. The topological polar surface area (TPSA) is 20.2 Å². The van der Waals surface area contributed by atoms with Crippen LogP contribution >= 0.6 is 0 Å². The Bertz CT molecular complexity index is 155. The molecule has 1 N–H and O–H groups in total. The summed E-state index contributed by atoms with van der Waals surface area (Å²) in [5.74, 6) is 0.658. The zero-order valence-electron chi connectivity index (χ0n) is 9.56. The lowest BCUT2D eigenvalue weighted by Crippen LogP contribution is -1.99. The van der Waals surface area contributed by atoms with Crippen LogP contribution < -0.4 is 0 Å². The van der Waals surface area contributed by atoms with Gasteiger partial charge in [0.1, 0.15) is 0 Å². The summed E-state index contributed by atoms with van der Waals surface area (Å²) < 4.78 is 0. The lowest BCUT2D eigenvalue weighted by Gasteiger charge is -2.12. The lowest BCUT2D eigenvalue weighted by molar-refractivity contribution is 0.258. The standard InChI is InChI=1S/C12H24O/c1-5-12(10(2)3)7-6-11(4)8-9-13/h11,13H,5-9H2,1-4H3. The molecule has 0 rings (SSSR count). The van der Waals surface area contributed by atoms with Crippen LogP contribution in [-0.4, -0.2) is 11.7 Å². The van der Waals surface area contributed by atoms with E-state index in [1.54, 1.807) is 5.57 Å². The molecule has 0 aromatic heterocycles. The molecule has 0 saturated carbocycles. The fraction of sp³-hybridized carbons (Fsp3) is 0.833. The quantitative estimate of drug-likeness (QED) is 0.626. The third kappa shape index (κ3) is 5.87. The van der Waals surface area contributed by atoms with Crippen LogP contribution in [0.25, 0.3) is 0 Å². The lowest BCUT2D eigenvalue weighted by atomic mass is 9.95. The average Bonchev–Trinajstić information content (AvgIpc) is 2.05. The maximum Gasteiger partial charge on any atom is 0.0433 e. The largest absolute Gasteiger partial charge is 0.396 e. The Labute approximate surface area is 82.9 Å². The number of allylic oxidation sites excluding steroid dienone is 2. The maximum absolute atomic E-state index is 8.76. The summed E-state index contributed by atoms with van der Waals surface area (Å²) in [6.45, 7) is 9.15. The van der Waals surface area contributed by atoms with E-state index in [-0.39, 0.29) is 0 Å². The zero-order chi connectivity index (χ0) is 10.3. The van der Waals surface area contributed by atoms with Crippen molar-refractivity contribution in [3.05, 3.63) is 11.1 Å². The summed E-state index contributed by atoms with van der Waals surface area (Å²) in [7, 11) is 0. The highest BCUT2D eigenvalue weighted by atomic mass is 16.3. The highest BCUT2D eigenvalue weighted by molar-refractivity contribution is 5.08. The molecule has 78 valence electrons. The monoisotopic (exact) mass is 184 g/mol. The van der Waals surface area contributed by atoms with Crippen molar-refractivity contribution >= 4 is 0 Å². The molecule has 0 aliphatic carbocycles. The molecule has 0 fully saturated rings. The minimum Gasteiger partial charge on any atom is -0.396 e. The third-order valence-corrected chi connectivity index (χ3v) is 2.69. The second kappa shape index (κ2) is 7.14. The van der Waals surface area contributed by atoms with Crippen LogP contribution in [0, 0.1) is 5.92 Å². The Morgan fingerprint density at radius 1 is 1.23 bits per heavy atom. The average molecular weight is 184 g/mol. The van der Waals surface area contributed by atoms with Crippen molar-refractivity contribution < 1.29 is 5.11 Å². The summed E-state index contributed by atoms with van der Waals surface area (Å²) in [5, 5.41) is 8.76. The summed E-state index contributed by atoms with van der Waals surface area (Å²) in [5.41, 5.74) is 3.06. The molecule has 0 aliphatic rings. The number of aliphatic hydroxyl groups is 1. The molecule has 0 amide bonds. The molecule has 0 radical (unpaired) electrons. The fourth-order valence-electron chi connectivity index (χ4n) is 1.57. The summed E-state index contributed by atoms with van der Waals surface area (Å²) in [4.78, 5) is 0. The highest BCUT2D eigenvalue weighted by Crippen LogP contribution is 2.19. The fourth-order valence-corrected chi connectivity index (χ4v) is 1.57. The van der Waals surface area contributed by atoms with Gasteiger partial charge in [-0.15, -0.1) is 0 Å². The van der Waals surface area contributed by atoms with Crippen molar-refractivity contribution in [1.82, 2.24) is 0 Å². The Hall–Kier alpha value is -0.300. The molecule has 0 aliphatic heterocycles. The van der Waals surface area contributed by atoms with E-state index in [2.05, 4.69) is 27.7 Å². The Morgan fingerprint density at radius 2 is 1.85 bits per heavy atom. The summed E-state index contributed by atoms with van der Waals surface area (Å²) in [6.07, 6.45) is 4.54. The van der Waals surface area contributed by atoms with Crippen LogP contribution in [0.3, 0.4) is 0 Å². The van der Waals surface area contributed by atoms with Gasteiger partial charge < -0.3 is 5.11 Å². The first-order valence-electron chi connectivity index (χ1n) is 5.37. The maximum atomic E-state index is 8.76. The van der Waals surface area contributed by atoms with E-state index >= 15 is 0 Å². The Morgan fingerprint density at radius 3 is 2.23 bits per heavy atom. The van der Waals surface area contributed by atoms with Gasteiger partial charge in [0.25, 0.3) is 0 Å². The zero-order valence-corrected chi connectivity index (χ0v) is 9.56. The van der Waals surface area contributed by atoms with Crippen LogP contribution in [-0.2, 0) is 0 Å². The van der Waals surface area contributed by atoms with Gasteiger partial charge in [0.15, 0.2) is 0 Å². The molecule has 0 saturated heterocycles. The molecule has 1 atom stereocenters. The normalized spacial score (nSPS) is 12.7. The van der Waals surface area contributed by atoms with Crippen LogP contribution in [0.1, 0.15) is 53.4 Å². The number of aliphatic hydroxyl groups excluding tert-OH is 1. The predicted molar refractivity (Wildman–Crippen MR) is 58.8 cm³/mol. The smallest absolute Gasteiger partial charge is 0.0433 e. The third-order valence-electron chi connectivity index (χ3n) is 2.69. The van der Waals surface area contributed by atoms with Gasteiger partial charge in [-0.05, 0) is 45.4 Å². The van der Waals surface area contributed by atoms with Crippen molar-refractivity contribution in [3.8, 4) is 0 Å². The Balaban J connectivity index is 3.79. The van der Waals surface area contributed by atoms with E-state index in [1.807, 2.05) is 0 Å². The predicted octanol–water partition coefficient (Wildman–Crippen LogP) is 3.53. The summed E-state index contributed by atoms with van der Waals surface area (Å²) >= 11 is 0. The molecule has 1 unspecified atom stereocenters. The van der Waals surface area contributed by atoms with Gasteiger partial charge in [-0.3, -0.25) is 0 Å². The van der Waals surface area contributed by atoms with Crippen LogP contribution in [0.15, 0.2) is 11.1 Å². The van der Waals surface area contributed by atoms with Gasteiger partial charge in [-0.25, -0.2) is 0 Å². The van der Waals surface area contributed by atoms with Crippen molar-refractivity contribution in [2.24, 2.45) is 5.92 Å². The van der Waals surface area contributed by atoms with E-state index in [0.29, 0.717) is 12.5 Å². The van der Waals surface area contributed by atoms with E-state index in [9.17, 15) is 0 Å². The van der Waals surface area contributed by atoms with Crippen molar-refractivity contribution in [2.75, 3.05) is 6.61 Å². The SMILES string of the molecule is CCC(CCC(C)CCO)=C(C)C. The molecule has 1 heteroatoms. The van der Waals surface area contributed by atoms with E-state index in [1.165, 1.54) is 24.8 Å². The first-order valence-corrected chi connectivity index (χ1v) is 5.37. The summed E-state index contributed by atoms with van der Waals surface area (Å²) in [6, 6.07) is 0. The molecule has 0 heterocycles. The number of hydrogen-bond donors (Lipinski definition) is 1. The van der Waals surface area contributed by atoms with Crippen molar-refractivity contribution in [3.63, 3.8) is 0 Å². The van der Waals surface area contributed by atoms with Crippen molar-refractivity contribution in [2.45, 2.75) is 53.4 Å². The van der Waals surface area contributed by atoms with E-state index < -0.39 is 0 Å². The second-order valence-electron chi connectivity index (χ2n) is 4.11. The molecular formula is C12H24O. The van der Waals surface area contributed by atoms with Crippen LogP contribution in [0.2, 0.25) is 0 Å². The molecule has 0 bridgehead atoms. The van der Waals surface area contributed by atoms with Gasteiger partial charge in [0.2, 0.25) is 0 Å². The number of hydrogen-bond acceptors (Lipinski definition) is 1. The molecule has 0 spiro atoms.